The summed E-state index contributed by atoms with van der Waals surface area (Å²) in [6.07, 6.45) is 29.1. The third kappa shape index (κ3) is 10.3. The summed E-state index contributed by atoms with van der Waals surface area (Å²) in [7, 11) is 0. The van der Waals surface area contributed by atoms with Crippen molar-refractivity contribution in [3.63, 3.8) is 0 Å². The van der Waals surface area contributed by atoms with Crippen molar-refractivity contribution < 1.29 is 44.6 Å². The number of carbonyl (C=O) groups excluding carboxylic acids is 2. The van der Waals surface area contributed by atoms with Gasteiger partial charge in [0, 0.05) is 12.8 Å². The first kappa shape index (κ1) is 62.0. The van der Waals surface area contributed by atoms with Crippen molar-refractivity contribution in [2.24, 2.45) is 145 Å². The highest BCUT2D eigenvalue weighted by Gasteiger charge is 2.67. The van der Waals surface area contributed by atoms with Crippen LogP contribution in [0.25, 0.3) is 0 Å². The van der Waals surface area contributed by atoms with Crippen molar-refractivity contribution in [3.8, 4) is 0 Å². The van der Waals surface area contributed by atoms with Crippen LogP contribution in [0.2, 0.25) is 0 Å². The predicted molar refractivity (Wildman–Crippen MR) is 327 cm³/mol. The number of fused-ring (bicyclic) bond motifs is 15. The first-order chi connectivity index (χ1) is 39.4. The second kappa shape index (κ2) is 23.2. The highest BCUT2D eigenvalue weighted by atomic mass is 16.5. The summed E-state index contributed by atoms with van der Waals surface area (Å²) in [6.45, 7) is 25.3. The Kier molecular flexibility index (Phi) is 17.3. The Bertz CT molecular complexity index is 2310. The lowest BCUT2D eigenvalue weighted by molar-refractivity contribution is -0.207. The lowest BCUT2D eigenvalue weighted by Gasteiger charge is -2.65. The van der Waals surface area contributed by atoms with E-state index in [0.29, 0.717) is 126 Å². The number of esters is 2. The van der Waals surface area contributed by atoms with Gasteiger partial charge in [-0.2, -0.15) is 0 Å². The quantitative estimate of drug-likeness (QED) is 0.0796. The Morgan fingerprint density at radius 2 is 0.855 bits per heavy atom. The minimum absolute atomic E-state index is 0.0261. The zero-order chi connectivity index (χ0) is 58.9. The normalized spacial score (nSPS) is 53.5. The van der Waals surface area contributed by atoms with E-state index < -0.39 is 0 Å². The number of hydrogen-bond donors (Lipinski definition) is 5. The van der Waals surface area contributed by atoms with Gasteiger partial charge in [-0.25, -0.2) is 0 Å². The molecule has 9 heteroatoms. The van der Waals surface area contributed by atoms with Gasteiger partial charge in [0.25, 0.3) is 0 Å². The fourth-order valence-electron chi connectivity index (χ4n) is 27.6. The first-order valence-corrected chi connectivity index (χ1v) is 36.1. The van der Waals surface area contributed by atoms with Crippen LogP contribution >= 0.6 is 0 Å². The molecule has 0 bridgehead atoms. The Labute approximate surface area is 504 Å². The minimum atomic E-state index is -0.317. The lowest BCUT2D eigenvalue weighted by Crippen LogP contribution is -2.62. The molecule has 12 aliphatic carbocycles. The van der Waals surface area contributed by atoms with Gasteiger partial charge >= 0.3 is 11.9 Å². The second-order valence-corrected chi connectivity index (χ2v) is 34.9. The summed E-state index contributed by atoms with van der Waals surface area (Å²) >= 11 is 0. The highest BCUT2D eigenvalue weighted by Crippen LogP contribution is 2.73. The number of rotatable bonds is 15. The van der Waals surface area contributed by atoms with Gasteiger partial charge in [-0.3, -0.25) is 9.59 Å². The smallest absolute Gasteiger partial charge is 0.306 e. The molecule has 12 fully saturated rings. The summed E-state index contributed by atoms with van der Waals surface area (Å²) < 4.78 is 12.5. The van der Waals surface area contributed by atoms with Crippen LogP contribution in [-0.4, -0.2) is 80.7 Å². The molecule has 0 radical (unpaired) electrons. The van der Waals surface area contributed by atoms with Crippen molar-refractivity contribution in [1.29, 1.82) is 0 Å². The first-order valence-electron chi connectivity index (χ1n) is 36.1. The number of aliphatic hydroxyl groups excluding tert-OH is 5. The van der Waals surface area contributed by atoms with Crippen molar-refractivity contribution in [2.45, 2.75) is 298 Å². The Balaban J connectivity index is 0.588. The molecule has 0 aromatic rings. The number of carbonyl (C=O) groups is 2. The molecule has 12 aliphatic rings. The molecule has 0 amide bonds. The summed E-state index contributed by atoms with van der Waals surface area (Å²) in [5.74, 6) is 8.86. The van der Waals surface area contributed by atoms with Crippen LogP contribution < -0.4 is 0 Å². The van der Waals surface area contributed by atoms with Crippen LogP contribution in [-0.2, 0) is 19.1 Å². The van der Waals surface area contributed by atoms with Gasteiger partial charge in [0.15, 0.2) is 0 Å². The van der Waals surface area contributed by atoms with Crippen LogP contribution in [0.15, 0.2) is 0 Å². The van der Waals surface area contributed by atoms with E-state index in [-0.39, 0.29) is 87.0 Å². The van der Waals surface area contributed by atoms with E-state index in [1.54, 1.807) is 0 Å². The molecule has 10 unspecified atom stereocenters. The van der Waals surface area contributed by atoms with Crippen molar-refractivity contribution in [1.82, 2.24) is 0 Å². The van der Waals surface area contributed by atoms with E-state index in [1.165, 1.54) is 77.0 Å². The summed E-state index contributed by atoms with van der Waals surface area (Å²) in [5.41, 5.74) is 1.24. The molecule has 12 rings (SSSR count). The number of aliphatic hydroxyl groups is 5. The fourth-order valence-corrected chi connectivity index (χ4v) is 27.6. The maximum atomic E-state index is 13.9. The van der Waals surface area contributed by atoms with E-state index in [0.717, 1.165) is 103 Å². The Hall–Kier alpha value is -1.26. The monoisotopic (exact) mass is 1150 g/mol. The molecule has 0 saturated heterocycles. The molecule has 0 heterocycles. The molecule has 9 nitrogen and oxygen atoms in total. The maximum Gasteiger partial charge on any atom is 0.306 e. The molecule has 5 N–H and O–H groups in total. The fraction of sp³-hybridized carbons (Fsp3) is 0.973. The Morgan fingerprint density at radius 3 is 1.34 bits per heavy atom. The van der Waals surface area contributed by atoms with Gasteiger partial charge in [0.05, 0.1) is 37.1 Å². The van der Waals surface area contributed by atoms with Gasteiger partial charge in [-0.05, 0) is 318 Å². The molecular weight excluding hydrogens is 1030 g/mol. The van der Waals surface area contributed by atoms with Crippen LogP contribution in [0.4, 0.5) is 0 Å². The van der Waals surface area contributed by atoms with Gasteiger partial charge < -0.3 is 35.0 Å². The van der Waals surface area contributed by atoms with Gasteiger partial charge in [-0.1, -0.05) is 75.7 Å². The topological polar surface area (TPSA) is 154 Å². The summed E-state index contributed by atoms with van der Waals surface area (Å²) in [6, 6.07) is 0. The zero-order valence-electron chi connectivity index (χ0n) is 54.2. The van der Waals surface area contributed by atoms with Crippen molar-refractivity contribution >= 4 is 11.9 Å². The van der Waals surface area contributed by atoms with E-state index in [2.05, 4.69) is 69.2 Å². The number of hydrogen-bond acceptors (Lipinski definition) is 9. The molecule has 0 aromatic carbocycles. The SMILES string of the molecule is CC[C@@H]1[C@H](O)C2C3CC[C@H]([C@H](C)CCCOC(=O)CC[C@@H](C)[C@H]4CCC5C6C(CC[C@@]54C)[C@@]4(C)CC[C@@H](O)CC4C[C@@H]6O)[C@@]3(C)CCC2[C@@]2(C)CC[C@@H](OC(=O)CC[C@@H](C)[C@H]3CCC4C5C(CC[C@@]43C)[C@@]3(C)CC[C@@H](O)C[C@H]3C[C@@H]5O)C[C@@H]12. The number of ether oxygens (including phenoxy) is 2. The molecular formula is C74H122O9. The third-order valence-electron chi connectivity index (χ3n) is 31.9. The summed E-state index contributed by atoms with van der Waals surface area (Å²) in [4.78, 5) is 27.3. The Morgan fingerprint density at radius 1 is 0.446 bits per heavy atom. The molecule has 12 saturated carbocycles. The lowest BCUT2D eigenvalue weighted by atomic mass is 9.41. The minimum Gasteiger partial charge on any atom is -0.466 e. The van der Waals surface area contributed by atoms with E-state index >= 15 is 0 Å². The summed E-state index contributed by atoms with van der Waals surface area (Å²) in [5, 5.41) is 57.3. The van der Waals surface area contributed by atoms with Crippen LogP contribution in [0.3, 0.4) is 0 Å². The van der Waals surface area contributed by atoms with Crippen LogP contribution in [0, 0.1) is 145 Å². The standard InChI is InChI=1S/C74H122O9/c1-11-50-60-41-49(83-64(80)23-15-44(4)53-17-20-55-66-58(28-34-72(53,55)8)70(6)31-25-48(76)38-46(70)40-62(66)78)26-32-74(60,10)59-29-35-73(9)51(18-21-56(73)67(59)68(50)81)42(2)13-12-36-82-63(79)22-14-43(3)52-16-19-54-65-57(27-33-71(52,54)7)69(5)30-24-47(75)37-45(69)39-61(65)77/h42-62,65-68,75-78,81H,11-41H2,1-10H3/t42-,43-,44-,45?,46+,47-,48-,49-,50+,51-,52-,53-,54?,55?,56?,57?,58?,59?,60+,61+,62+,65?,66?,67?,68+,69+,70+,71-,72-,73-,74-/m1/s1. The molecule has 31 atom stereocenters. The molecule has 0 aliphatic heterocycles. The van der Waals surface area contributed by atoms with Crippen molar-refractivity contribution in [2.75, 3.05) is 6.61 Å². The molecule has 0 aromatic heterocycles. The largest absolute Gasteiger partial charge is 0.466 e. The maximum absolute atomic E-state index is 13.9. The molecule has 0 spiro atoms. The average molecular weight is 1160 g/mol. The van der Waals surface area contributed by atoms with Gasteiger partial charge in [0.1, 0.15) is 6.10 Å². The van der Waals surface area contributed by atoms with Gasteiger partial charge in [0.2, 0.25) is 0 Å². The van der Waals surface area contributed by atoms with E-state index in [1.807, 2.05) is 0 Å². The van der Waals surface area contributed by atoms with Crippen molar-refractivity contribution in [3.05, 3.63) is 0 Å². The average Bonchev–Trinajstić information content (AvgIpc) is 1.89. The van der Waals surface area contributed by atoms with Crippen LogP contribution in [0.1, 0.15) is 262 Å². The third-order valence-corrected chi connectivity index (χ3v) is 31.9. The molecule has 472 valence electrons. The van der Waals surface area contributed by atoms with E-state index in [9.17, 15) is 35.1 Å². The van der Waals surface area contributed by atoms with Gasteiger partial charge in [-0.15, -0.1) is 0 Å². The highest BCUT2D eigenvalue weighted by molar-refractivity contribution is 5.69. The zero-order valence-corrected chi connectivity index (χ0v) is 54.2. The second-order valence-electron chi connectivity index (χ2n) is 34.9. The van der Waals surface area contributed by atoms with Crippen LogP contribution in [0.5, 0.6) is 0 Å². The van der Waals surface area contributed by atoms with E-state index in [4.69, 9.17) is 9.47 Å². The molecule has 83 heavy (non-hydrogen) atoms. The predicted octanol–water partition coefficient (Wildman–Crippen LogP) is 14.9.